The van der Waals surface area contributed by atoms with Gasteiger partial charge in [0.15, 0.2) is 11.5 Å². The second kappa shape index (κ2) is 8.39. The number of β-amino-alcohol motifs (C(OH)–C–C–N with tert-alkyl or cyclic N) is 1. The third kappa shape index (κ3) is 4.06. The topological polar surface area (TPSA) is 76.1 Å². The van der Waals surface area contributed by atoms with Crippen molar-refractivity contribution < 1.29 is 24.2 Å². The van der Waals surface area contributed by atoms with E-state index in [2.05, 4.69) is 0 Å². The summed E-state index contributed by atoms with van der Waals surface area (Å²) < 4.78 is 11.0. The summed E-state index contributed by atoms with van der Waals surface area (Å²) in [6, 6.07) is 5.50. The molecule has 1 aliphatic heterocycles. The number of carbonyl (C=O) groups is 2. The van der Waals surface area contributed by atoms with Gasteiger partial charge in [0.05, 0.1) is 25.5 Å². The van der Waals surface area contributed by atoms with Gasteiger partial charge in [0.1, 0.15) is 12.7 Å². The van der Waals surface area contributed by atoms with Crippen molar-refractivity contribution in [2.75, 3.05) is 20.3 Å². The van der Waals surface area contributed by atoms with Gasteiger partial charge in [-0.25, -0.2) is 0 Å². The van der Waals surface area contributed by atoms with E-state index in [0.717, 1.165) is 5.56 Å². The molecule has 0 unspecified atom stereocenters. The number of fused-ring (bicyclic) bond motifs is 1. The van der Waals surface area contributed by atoms with Crippen molar-refractivity contribution >= 4 is 17.9 Å². The lowest BCUT2D eigenvalue weighted by Gasteiger charge is -2.20. The highest BCUT2D eigenvalue weighted by Gasteiger charge is 2.47. The molecule has 0 bridgehead atoms. The van der Waals surface area contributed by atoms with Crippen LogP contribution in [-0.4, -0.2) is 48.2 Å². The zero-order valence-electron chi connectivity index (χ0n) is 15.6. The minimum absolute atomic E-state index is 0.0377. The van der Waals surface area contributed by atoms with Gasteiger partial charge in [0.25, 0.3) is 0 Å². The third-order valence-electron chi connectivity index (χ3n) is 4.97. The van der Waals surface area contributed by atoms with Crippen LogP contribution in [0, 0.1) is 11.8 Å². The number of amides is 2. The summed E-state index contributed by atoms with van der Waals surface area (Å²) in [4.78, 5) is 26.1. The quantitative estimate of drug-likeness (QED) is 0.588. The van der Waals surface area contributed by atoms with Crippen LogP contribution in [0.4, 0.5) is 0 Å². The summed E-state index contributed by atoms with van der Waals surface area (Å²) >= 11 is 0. The van der Waals surface area contributed by atoms with Crippen LogP contribution in [0.15, 0.2) is 36.4 Å². The lowest BCUT2D eigenvalue weighted by Crippen LogP contribution is -2.40. The average molecular weight is 371 g/mol. The van der Waals surface area contributed by atoms with E-state index < -0.39 is 6.10 Å². The maximum absolute atomic E-state index is 12.5. The molecular formula is C21H25NO5. The Bertz CT molecular complexity index is 744. The van der Waals surface area contributed by atoms with Crippen molar-refractivity contribution in [2.24, 2.45) is 11.8 Å². The molecule has 2 aliphatic rings. The fourth-order valence-electron chi connectivity index (χ4n) is 3.60. The number of aliphatic hydroxyl groups is 1. The molecule has 3 rings (SSSR count). The zero-order chi connectivity index (χ0) is 19.4. The molecule has 144 valence electrons. The van der Waals surface area contributed by atoms with E-state index in [1.807, 2.05) is 43.4 Å². The zero-order valence-corrected chi connectivity index (χ0v) is 15.6. The van der Waals surface area contributed by atoms with E-state index >= 15 is 0 Å². The summed E-state index contributed by atoms with van der Waals surface area (Å²) in [5.74, 6) is 0.109. The number of imide groups is 1. The Kier molecular flexibility index (Phi) is 5.96. The molecule has 27 heavy (non-hydrogen) atoms. The Balaban J connectivity index is 1.59. The summed E-state index contributed by atoms with van der Waals surface area (Å²) in [5.41, 5.74) is 0.978. The van der Waals surface area contributed by atoms with Gasteiger partial charge < -0.3 is 14.6 Å². The van der Waals surface area contributed by atoms with Crippen LogP contribution in [0.3, 0.4) is 0 Å². The lowest BCUT2D eigenvalue weighted by atomic mass is 9.85. The number of carbonyl (C=O) groups excluding carboxylic acids is 2. The summed E-state index contributed by atoms with van der Waals surface area (Å²) in [6.07, 6.45) is 7.97. The molecule has 0 aromatic heterocycles. The molecule has 1 aromatic carbocycles. The average Bonchev–Trinajstić information content (AvgIpc) is 2.92. The molecule has 2 amide bonds. The van der Waals surface area contributed by atoms with Crippen LogP contribution in [0.25, 0.3) is 6.08 Å². The number of nitrogens with zero attached hydrogens (tertiary/aromatic N) is 1. The highest BCUT2D eigenvalue weighted by atomic mass is 16.5. The molecule has 0 saturated carbocycles. The minimum atomic E-state index is -0.967. The molecule has 1 fully saturated rings. The first kappa shape index (κ1) is 19.2. The Morgan fingerprint density at radius 3 is 2.44 bits per heavy atom. The highest BCUT2D eigenvalue weighted by Crippen LogP contribution is 2.35. The van der Waals surface area contributed by atoms with Crippen LogP contribution in [-0.2, 0) is 9.59 Å². The molecule has 1 N–H and O–H groups in total. The second-order valence-corrected chi connectivity index (χ2v) is 6.82. The normalized spacial score (nSPS) is 23.0. The summed E-state index contributed by atoms with van der Waals surface area (Å²) in [6.45, 7) is 1.84. The molecular weight excluding hydrogens is 346 g/mol. The van der Waals surface area contributed by atoms with Gasteiger partial charge in [-0.05, 0) is 37.5 Å². The first-order chi connectivity index (χ1) is 13.0. The number of benzene rings is 1. The van der Waals surface area contributed by atoms with E-state index in [9.17, 15) is 14.7 Å². The van der Waals surface area contributed by atoms with Crippen LogP contribution < -0.4 is 9.47 Å². The lowest BCUT2D eigenvalue weighted by molar-refractivity contribution is -0.141. The highest BCUT2D eigenvalue weighted by molar-refractivity contribution is 6.05. The van der Waals surface area contributed by atoms with Crippen molar-refractivity contribution in [2.45, 2.75) is 25.9 Å². The molecule has 0 spiro atoms. The maximum Gasteiger partial charge on any atom is 0.233 e. The number of hydrogen-bond donors (Lipinski definition) is 1. The van der Waals surface area contributed by atoms with Gasteiger partial charge >= 0.3 is 0 Å². The maximum atomic E-state index is 12.5. The summed E-state index contributed by atoms with van der Waals surface area (Å²) in [7, 11) is 1.55. The first-order valence-electron chi connectivity index (χ1n) is 9.17. The third-order valence-corrected chi connectivity index (χ3v) is 4.97. The number of rotatable bonds is 7. The molecule has 6 nitrogen and oxygen atoms in total. The van der Waals surface area contributed by atoms with Crippen molar-refractivity contribution in [1.82, 2.24) is 4.90 Å². The first-order valence-corrected chi connectivity index (χ1v) is 9.17. The summed E-state index contributed by atoms with van der Waals surface area (Å²) in [5, 5.41) is 10.3. The number of likely N-dealkylation sites (tertiary alicyclic amines) is 1. The van der Waals surface area contributed by atoms with Gasteiger partial charge in [-0.1, -0.05) is 30.4 Å². The Hall–Kier alpha value is -2.60. The second-order valence-electron chi connectivity index (χ2n) is 6.82. The molecule has 1 aliphatic carbocycles. The predicted octanol–water partition coefficient (Wildman–Crippen LogP) is 2.42. The van der Waals surface area contributed by atoms with Gasteiger partial charge in [-0.15, -0.1) is 0 Å². The SMILES string of the molecule is C/C=C/c1ccc(OC[C@@H](O)CN2C(=O)[C@H]3CC=CC[C@@H]3C2=O)c(OC)c1. The molecule has 1 saturated heterocycles. The Labute approximate surface area is 159 Å². The fourth-order valence-corrected chi connectivity index (χ4v) is 3.60. The van der Waals surface area contributed by atoms with E-state index in [-0.39, 0.29) is 36.8 Å². The van der Waals surface area contributed by atoms with E-state index in [0.29, 0.717) is 24.3 Å². The van der Waals surface area contributed by atoms with Crippen molar-refractivity contribution in [3.63, 3.8) is 0 Å². The Morgan fingerprint density at radius 2 is 1.85 bits per heavy atom. The largest absolute Gasteiger partial charge is 0.493 e. The number of methoxy groups -OCH3 is 1. The molecule has 1 aromatic rings. The molecule has 0 radical (unpaired) electrons. The molecule has 3 atom stereocenters. The fraction of sp³-hybridized carbons (Fsp3) is 0.429. The number of ether oxygens (including phenoxy) is 2. The van der Waals surface area contributed by atoms with Gasteiger partial charge in [-0.3, -0.25) is 14.5 Å². The van der Waals surface area contributed by atoms with Crippen molar-refractivity contribution in [1.29, 1.82) is 0 Å². The minimum Gasteiger partial charge on any atom is -0.493 e. The van der Waals surface area contributed by atoms with E-state index in [4.69, 9.17) is 9.47 Å². The van der Waals surface area contributed by atoms with Crippen LogP contribution >= 0.6 is 0 Å². The molecule has 1 heterocycles. The van der Waals surface area contributed by atoms with Crippen molar-refractivity contribution in [3.05, 3.63) is 42.0 Å². The van der Waals surface area contributed by atoms with Gasteiger partial charge in [0.2, 0.25) is 11.8 Å². The molecule has 6 heteroatoms. The number of allylic oxidation sites excluding steroid dienone is 3. The predicted molar refractivity (Wildman–Crippen MR) is 101 cm³/mol. The van der Waals surface area contributed by atoms with E-state index in [1.165, 1.54) is 4.90 Å². The van der Waals surface area contributed by atoms with E-state index in [1.54, 1.807) is 13.2 Å². The van der Waals surface area contributed by atoms with Crippen LogP contribution in [0.5, 0.6) is 11.5 Å². The number of aliphatic hydroxyl groups excluding tert-OH is 1. The number of hydrogen-bond acceptors (Lipinski definition) is 5. The Morgan fingerprint density at radius 1 is 1.19 bits per heavy atom. The van der Waals surface area contributed by atoms with Crippen LogP contribution in [0.2, 0.25) is 0 Å². The van der Waals surface area contributed by atoms with Crippen molar-refractivity contribution in [3.8, 4) is 11.5 Å². The monoisotopic (exact) mass is 371 g/mol. The standard InChI is InChI=1S/C21H25NO5/c1-3-6-14-9-10-18(19(11-14)26-2)27-13-15(23)12-22-20(24)16-7-4-5-8-17(16)21(22)25/h3-6,9-11,15-17,23H,7-8,12-13H2,1-2H3/b6-3+/t15-,16-,17-/m0/s1. The van der Waals surface area contributed by atoms with Crippen LogP contribution in [0.1, 0.15) is 25.3 Å². The van der Waals surface area contributed by atoms with Gasteiger partial charge in [0, 0.05) is 0 Å². The van der Waals surface area contributed by atoms with Gasteiger partial charge in [-0.2, -0.15) is 0 Å². The smallest absolute Gasteiger partial charge is 0.233 e.